The van der Waals surface area contributed by atoms with Crippen LogP contribution in [0.15, 0.2) is 6.07 Å². The number of halogens is 1. The summed E-state index contributed by atoms with van der Waals surface area (Å²) < 4.78 is 13.7. The summed E-state index contributed by atoms with van der Waals surface area (Å²) in [5.74, 6) is -1.05. The second kappa shape index (κ2) is 5.29. The summed E-state index contributed by atoms with van der Waals surface area (Å²) >= 11 is 0. The fourth-order valence-electron chi connectivity index (χ4n) is 1.85. The van der Waals surface area contributed by atoms with E-state index >= 15 is 0 Å². The lowest BCUT2D eigenvalue weighted by molar-refractivity contribution is -0.133. The number of anilines is 1. The van der Waals surface area contributed by atoms with Crippen molar-refractivity contribution in [2.45, 2.75) is 38.6 Å². The summed E-state index contributed by atoms with van der Waals surface area (Å²) in [6.07, 6.45) is 0.614. The first-order valence-electron chi connectivity index (χ1n) is 6.10. The smallest absolute Gasteiger partial charge is 0.249 e. The molecule has 0 aliphatic carbocycles. The van der Waals surface area contributed by atoms with Gasteiger partial charge in [-0.2, -0.15) is 5.10 Å². The lowest BCUT2D eigenvalue weighted by Crippen LogP contribution is -2.47. The second-order valence-corrected chi connectivity index (χ2v) is 4.77. The van der Waals surface area contributed by atoms with Crippen LogP contribution in [0.5, 0.6) is 0 Å². The lowest BCUT2D eigenvalue weighted by atomic mass is 10.1. The number of carbonyl (C=O) groups excluding carboxylic acids is 2. The normalized spacial score (nSPS) is 19.5. The third kappa shape index (κ3) is 3.04. The first-order chi connectivity index (χ1) is 8.97. The van der Waals surface area contributed by atoms with E-state index in [1.54, 1.807) is 0 Å². The number of nitrogens with zero attached hydrogens (tertiary/aromatic N) is 2. The molecule has 1 aliphatic heterocycles. The van der Waals surface area contributed by atoms with Crippen molar-refractivity contribution in [3.63, 3.8) is 0 Å². The van der Waals surface area contributed by atoms with Crippen LogP contribution in [0.3, 0.4) is 0 Å². The molecule has 19 heavy (non-hydrogen) atoms. The average molecular weight is 266 g/mol. The zero-order chi connectivity index (χ0) is 14.0. The number of amides is 2. The number of hydrogen-bond donors (Lipinski definition) is 2. The standard InChI is InChI=1S/C12H15FN4O2/c1-6(2)11-7(13)5-9(16-17-11)14-8-3-4-10(18)15-12(8)19/h5-6,8H,3-4H2,1-2H3,(H,14,16)(H,15,18,19). The molecule has 1 aromatic rings. The van der Waals surface area contributed by atoms with Gasteiger partial charge in [-0.15, -0.1) is 5.10 Å². The second-order valence-electron chi connectivity index (χ2n) is 4.77. The molecule has 0 spiro atoms. The highest BCUT2D eigenvalue weighted by molar-refractivity contribution is 6.01. The van der Waals surface area contributed by atoms with Gasteiger partial charge in [0.2, 0.25) is 11.8 Å². The van der Waals surface area contributed by atoms with E-state index in [4.69, 9.17) is 0 Å². The lowest BCUT2D eigenvalue weighted by Gasteiger charge is -2.22. The Labute approximate surface area is 109 Å². The van der Waals surface area contributed by atoms with Gasteiger partial charge < -0.3 is 5.32 Å². The quantitative estimate of drug-likeness (QED) is 0.796. The van der Waals surface area contributed by atoms with E-state index in [1.807, 2.05) is 13.8 Å². The van der Waals surface area contributed by atoms with Gasteiger partial charge >= 0.3 is 0 Å². The molecule has 2 N–H and O–H groups in total. The van der Waals surface area contributed by atoms with Gasteiger partial charge in [0.25, 0.3) is 0 Å². The van der Waals surface area contributed by atoms with Crippen molar-refractivity contribution in [3.05, 3.63) is 17.6 Å². The fourth-order valence-corrected chi connectivity index (χ4v) is 1.85. The molecule has 1 saturated heterocycles. The van der Waals surface area contributed by atoms with E-state index in [0.29, 0.717) is 6.42 Å². The molecular weight excluding hydrogens is 251 g/mol. The third-order valence-electron chi connectivity index (χ3n) is 2.88. The van der Waals surface area contributed by atoms with Gasteiger partial charge in [-0.05, 0) is 6.42 Å². The summed E-state index contributed by atoms with van der Waals surface area (Å²) in [5.41, 5.74) is 0.286. The number of carbonyl (C=O) groups is 2. The van der Waals surface area contributed by atoms with Crippen LogP contribution in [0.4, 0.5) is 10.2 Å². The Morgan fingerprint density at radius 2 is 2.16 bits per heavy atom. The minimum absolute atomic E-state index is 0.0582. The minimum Gasteiger partial charge on any atom is -0.357 e. The van der Waals surface area contributed by atoms with Crippen molar-refractivity contribution < 1.29 is 14.0 Å². The number of aromatic nitrogens is 2. The van der Waals surface area contributed by atoms with Gasteiger partial charge in [0.05, 0.1) is 0 Å². The molecule has 2 rings (SSSR count). The van der Waals surface area contributed by atoms with Gasteiger partial charge in [-0.3, -0.25) is 14.9 Å². The predicted molar refractivity (Wildman–Crippen MR) is 65.9 cm³/mol. The molecule has 0 bridgehead atoms. The molecule has 7 heteroatoms. The van der Waals surface area contributed by atoms with Gasteiger partial charge in [0.1, 0.15) is 11.7 Å². The molecule has 1 aromatic heterocycles. The Kier molecular flexibility index (Phi) is 3.73. The van der Waals surface area contributed by atoms with Crippen molar-refractivity contribution in [2.75, 3.05) is 5.32 Å². The maximum Gasteiger partial charge on any atom is 0.249 e. The summed E-state index contributed by atoms with van der Waals surface area (Å²) in [7, 11) is 0. The Morgan fingerprint density at radius 3 is 2.74 bits per heavy atom. The highest BCUT2D eigenvalue weighted by Crippen LogP contribution is 2.18. The topological polar surface area (TPSA) is 84.0 Å². The van der Waals surface area contributed by atoms with Crippen molar-refractivity contribution in [3.8, 4) is 0 Å². The van der Waals surface area contributed by atoms with Crippen molar-refractivity contribution in [1.82, 2.24) is 15.5 Å². The average Bonchev–Trinajstić information content (AvgIpc) is 2.32. The van der Waals surface area contributed by atoms with Gasteiger partial charge in [0.15, 0.2) is 11.6 Å². The third-order valence-corrected chi connectivity index (χ3v) is 2.88. The monoisotopic (exact) mass is 266 g/mol. The summed E-state index contributed by atoms with van der Waals surface area (Å²) in [6.45, 7) is 3.64. The zero-order valence-corrected chi connectivity index (χ0v) is 10.7. The summed E-state index contributed by atoms with van der Waals surface area (Å²) in [5, 5.41) is 12.6. The van der Waals surface area contributed by atoms with Crippen LogP contribution in [-0.2, 0) is 9.59 Å². The highest BCUT2D eigenvalue weighted by atomic mass is 19.1. The molecule has 2 amide bonds. The molecule has 102 valence electrons. The minimum atomic E-state index is -0.587. The van der Waals surface area contributed by atoms with E-state index in [-0.39, 0.29) is 29.8 Å². The Balaban J connectivity index is 2.09. The van der Waals surface area contributed by atoms with E-state index < -0.39 is 17.8 Å². The van der Waals surface area contributed by atoms with Crippen molar-refractivity contribution in [2.24, 2.45) is 0 Å². The van der Waals surface area contributed by atoms with Crippen LogP contribution in [-0.4, -0.2) is 28.1 Å². The van der Waals surface area contributed by atoms with Crippen LogP contribution in [0, 0.1) is 5.82 Å². The zero-order valence-electron chi connectivity index (χ0n) is 10.7. The number of piperidine rings is 1. The van der Waals surface area contributed by atoms with E-state index in [9.17, 15) is 14.0 Å². The van der Waals surface area contributed by atoms with E-state index in [1.165, 1.54) is 6.07 Å². The molecular formula is C12H15FN4O2. The molecule has 2 heterocycles. The SMILES string of the molecule is CC(C)c1nnc(NC2CCC(=O)NC2=O)cc1F. The Morgan fingerprint density at radius 1 is 1.42 bits per heavy atom. The van der Waals surface area contributed by atoms with Crippen molar-refractivity contribution >= 4 is 17.6 Å². The van der Waals surface area contributed by atoms with Crippen LogP contribution in [0.2, 0.25) is 0 Å². The summed E-state index contributed by atoms with van der Waals surface area (Å²) in [6, 6.07) is 0.628. The van der Waals surface area contributed by atoms with Crippen LogP contribution in [0.1, 0.15) is 38.3 Å². The fraction of sp³-hybridized carbons (Fsp3) is 0.500. The largest absolute Gasteiger partial charge is 0.357 e. The van der Waals surface area contributed by atoms with Crippen LogP contribution in [0.25, 0.3) is 0 Å². The highest BCUT2D eigenvalue weighted by Gasteiger charge is 2.27. The first-order valence-corrected chi connectivity index (χ1v) is 6.10. The molecule has 0 saturated carbocycles. The van der Waals surface area contributed by atoms with Crippen LogP contribution < -0.4 is 10.6 Å². The number of hydrogen-bond acceptors (Lipinski definition) is 5. The van der Waals surface area contributed by atoms with E-state index in [2.05, 4.69) is 20.8 Å². The summed E-state index contributed by atoms with van der Waals surface area (Å²) in [4.78, 5) is 22.5. The maximum atomic E-state index is 13.7. The van der Waals surface area contributed by atoms with Gasteiger partial charge in [-0.1, -0.05) is 13.8 Å². The number of imide groups is 1. The molecule has 0 aromatic carbocycles. The Hall–Kier alpha value is -2.05. The number of nitrogens with one attached hydrogen (secondary N) is 2. The molecule has 1 fully saturated rings. The molecule has 0 radical (unpaired) electrons. The van der Waals surface area contributed by atoms with E-state index in [0.717, 1.165) is 0 Å². The van der Waals surface area contributed by atoms with Gasteiger partial charge in [-0.25, -0.2) is 4.39 Å². The maximum absolute atomic E-state index is 13.7. The van der Waals surface area contributed by atoms with Crippen LogP contribution >= 0.6 is 0 Å². The molecule has 1 atom stereocenters. The molecule has 6 nitrogen and oxygen atoms in total. The first kappa shape index (κ1) is 13.4. The van der Waals surface area contributed by atoms with Gasteiger partial charge in [0, 0.05) is 18.4 Å². The molecule has 1 unspecified atom stereocenters. The Bertz CT molecular complexity index is 518. The van der Waals surface area contributed by atoms with Crippen molar-refractivity contribution in [1.29, 1.82) is 0 Å². The molecule has 1 aliphatic rings. The number of rotatable bonds is 3. The predicted octanol–water partition coefficient (Wildman–Crippen LogP) is 0.956.